The minimum absolute atomic E-state index is 0.241. The van der Waals surface area contributed by atoms with Gasteiger partial charge in [0.2, 0.25) is 0 Å². The molecule has 0 spiro atoms. The van der Waals surface area contributed by atoms with Crippen LogP contribution in [0.25, 0.3) is 0 Å². The van der Waals surface area contributed by atoms with Crippen molar-refractivity contribution in [1.82, 2.24) is 4.90 Å². The molecule has 22 heavy (non-hydrogen) atoms. The minimum atomic E-state index is 0.241. The van der Waals surface area contributed by atoms with Crippen molar-refractivity contribution in [2.24, 2.45) is 5.92 Å². The molecule has 0 saturated carbocycles. The van der Waals surface area contributed by atoms with E-state index in [1.54, 1.807) is 0 Å². The number of aryl methyl sites for hydroxylation is 1. The van der Waals surface area contributed by atoms with Gasteiger partial charge in [0.1, 0.15) is 0 Å². The van der Waals surface area contributed by atoms with Gasteiger partial charge in [-0.15, -0.1) is 0 Å². The number of hydrogen-bond donors (Lipinski definition) is 0. The molecule has 3 rings (SSSR count). The zero-order chi connectivity index (χ0) is 15.5. The molecule has 1 heterocycles. The third-order valence-electron chi connectivity index (χ3n) is 5.06. The number of hydrogen-bond acceptors (Lipinski definition) is 2. The Morgan fingerprint density at radius 2 is 1.91 bits per heavy atom. The van der Waals surface area contributed by atoms with E-state index in [9.17, 15) is 5.26 Å². The number of nitriles is 1. The summed E-state index contributed by atoms with van der Waals surface area (Å²) < 4.78 is 0. The fourth-order valence-electron chi connectivity index (χ4n) is 3.74. The van der Waals surface area contributed by atoms with Gasteiger partial charge in [-0.05, 0) is 45.1 Å². The van der Waals surface area contributed by atoms with E-state index in [-0.39, 0.29) is 6.04 Å². The lowest BCUT2D eigenvalue weighted by Gasteiger charge is -2.42. The minimum Gasteiger partial charge on any atom is -0.300 e. The Kier molecular flexibility index (Phi) is 4.34. The van der Waals surface area contributed by atoms with E-state index in [1.807, 2.05) is 0 Å². The number of piperidine rings is 1. The summed E-state index contributed by atoms with van der Waals surface area (Å²) in [7, 11) is 0. The molecule has 0 radical (unpaired) electrons. The number of allylic oxidation sites excluding steroid dienone is 3. The summed E-state index contributed by atoms with van der Waals surface area (Å²) in [6, 6.07) is 9.26. The topological polar surface area (TPSA) is 27.0 Å². The van der Waals surface area contributed by atoms with Gasteiger partial charge < -0.3 is 0 Å². The Bertz CT molecular complexity index is 618. The molecule has 1 aliphatic carbocycles. The van der Waals surface area contributed by atoms with Crippen LogP contribution in [0, 0.1) is 24.3 Å². The zero-order valence-corrected chi connectivity index (χ0v) is 13.5. The number of likely N-dealkylation sites (tertiary alicyclic amines) is 1. The smallest absolute Gasteiger partial charge is 0.180 e. The highest BCUT2D eigenvalue weighted by molar-refractivity contribution is 5.27. The van der Waals surface area contributed by atoms with Crippen LogP contribution in [0.4, 0.5) is 0 Å². The van der Waals surface area contributed by atoms with Crippen molar-refractivity contribution >= 4 is 0 Å². The lowest BCUT2D eigenvalue weighted by molar-refractivity contribution is 0.119. The van der Waals surface area contributed by atoms with Gasteiger partial charge in [0, 0.05) is 12.0 Å². The summed E-state index contributed by atoms with van der Waals surface area (Å²) in [6.07, 6.45) is 13.8. The molecule has 1 aromatic rings. The molecule has 1 aromatic carbocycles. The highest BCUT2D eigenvalue weighted by Crippen LogP contribution is 2.38. The molecule has 0 amide bonds. The first-order valence-electron chi connectivity index (χ1n) is 8.28. The second kappa shape index (κ2) is 6.40. The van der Waals surface area contributed by atoms with E-state index in [4.69, 9.17) is 0 Å². The van der Waals surface area contributed by atoms with Crippen molar-refractivity contribution in [3.8, 4) is 6.19 Å². The van der Waals surface area contributed by atoms with Crippen LogP contribution >= 0.6 is 0 Å². The maximum absolute atomic E-state index is 9.77. The van der Waals surface area contributed by atoms with Crippen LogP contribution in [0.15, 0.2) is 48.1 Å². The van der Waals surface area contributed by atoms with Crippen LogP contribution in [-0.2, 0) is 0 Å². The fraction of sp³-hybridized carbons (Fsp3) is 0.450. The van der Waals surface area contributed by atoms with Gasteiger partial charge in [-0.25, -0.2) is 0 Å². The Morgan fingerprint density at radius 1 is 1.14 bits per heavy atom. The Labute approximate surface area is 133 Å². The lowest BCUT2D eigenvalue weighted by atomic mass is 9.81. The number of nitrogens with zero attached hydrogens (tertiary/aromatic N) is 2. The Hall–Kier alpha value is -2.01. The molecule has 1 saturated heterocycles. The monoisotopic (exact) mass is 292 g/mol. The van der Waals surface area contributed by atoms with Crippen molar-refractivity contribution in [1.29, 1.82) is 5.26 Å². The second-order valence-electron chi connectivity index (χ2n) is 6.64. The van der Waals surface area contributed by atoms with Gasteiger partial charge in [0.15, 0.2) is 6.19 Å². The van der Waals surface area contributed by atoms with Gasteiger partial charge >= 0.3 is 0 Å². The molecule has 0 aromatic heterocycles. The molecule has 114 valence electrons. The quantitative estimate of drug-likeness (QED) is 0.725. The summed E-state index contributed by atoms with van der Waals surface area (Å²) in [5.74, 6) is 0.469. The molecule has 2 nitrogen and oxygen atoms in total. The summed E-state index contributed by atoms with van der Waals surface area (Å²) in [4.78, 5) is 2.07. The lowest BCUT2D eigenvalue weighted by Crippen LogP contribution is -2.42. The predicted octanol–water partition coefficient (Wildman–Crippen LogP) is 4.89. The SMILES string of the molecule is CC1=CCC([C@H]2CCC[C@H](c3ccc(C)cc3)N2C#N)C=C1. The Balaban J connectivity index is 1.82. The van der Waals surface area contributed by atoms with E-state index >= 15 is 0 Å². The van der Waals surface area contributed by atoms with Crippen molar-refractivity contribution in [3.63, 3.8) is 0 Å². The van der Waals surface area contributed by atoms with Gasteiger partial charge in [0.05, 0.1) is 6.04 Å². The van der Waals surface area contributed by atoms with Crippen LogP contribution in [0.1, 0.15) is 49.8 Å². The van der Waals surface area contributed by atoms with Crippen molar-refractivity contribution in [2.45, 2.75) is 51.6 Å². The second-order valence-corrected chi connectivity index (χ2v) is 6.64. The average Bonchev–Trinajstić information content (AvgIpc) is 2.55. The van der Waals surface area contributed by atoms with Gasteiger partial charge in [-0.2, -0.15) is 5.26 Å². The van der Waals surface area contributed by atoms with E-state index in [1.165, 1.54) is 23.1 Å². The summed E-state index contributed by atoms with van der Waals surface area (Å²) in [5, 5.41) is 9.77. The van der Waals surface area contributed by atoms with Gasteiger partial charge in [0.25, 0.3) is 0 Å². The highest BCUT2D eigenvalue weighted by atomic mass is 15.2. The van der Waals surface area contributed by atoms with Crippen molar-refractivity contribution < 1.29 is 0 Å². The normalized spacial score (nSPS) is 28.1. The molecule has 3 atom stereocenters. The number of benzene rings is 1. The first-order chi connectivity index (χ1) is 10.7. The molecule has 1 aliphatic heterocycles. The largest absolute Gasteiger partial charge is 0.300 e. The fourth-order valence-corrected chi connectivity index (χ4v) is 3.74. The molecule has 1 unspecified atom stereocenters. The summed E-state index contributed by atoms with van der Waals surface area (Å²) >= 11 is 0. The van der Waals surface area contributed by atoms with Crippen LogP contribution in [-0.4, -0.2) is 10.9 Å². The van der Waals surface area contributed by atoms with Crippen LogP contribution in [0.3, 0.4) is 0 Å². The summed E-state index contributed by atoms with van der Waals surface area (Å²) in [6.45, 7) is 4.25. The van der Waals surface area contributed by atoms with E-state index in [2.05, 4.69) is 67.4 Å². The van der Waals surface area contributed by atoms with Gasteiger partial charge in [-0.1, -0.05) is 53.6 Å². The predicted molar refractivity (Wildman–Crippen MR) is 90.0 cm³/mol. The van der Waals surface area contributed by atoms with Crippen LogP contribution in [0.2, 0.25) is 0 Å². The molecular weight excluding hydrogens is 268 g/mol. The molecule has 0 bridgehead atoms. The Morgan fingerprint density at radius 3 is 2.55 bits per heavy atom. The molecule has 0 N–H and O–H groups in total. The first-order valence-corrected chi connectivity index (χ1v) is 8.28. The first kappa shape index (κ1) is 14.9. The maximum atomic E-state index is 9.77. The summed E-state index contributed by atoms with van der Waals surface area (Å²) in [5.41, 5.74) is 3.89. The van der Waals surface area contributed by atoms with Gasteiger partial charge in [-0.3, -0.25) is 4.90 Å². The van der Waals surface area contributed by atoms with Crippen LogP contribution < -0.4 is 0 Å². The highest BCUT2D eigenvalue weighted by Gasteiger charge is 2.34. The molecule has 1 fully saturated rings. The van der Waals surface area contributed by atoms with E-state index in [0.717, 1.165) is 19.3 Å². The third-order valence-corrected chi connectivity index (χ3v) is 5.06. The zero-order valence-electron chi connectivity index (χ0n) is 13.5. The standard InChI is InChI=1S/C20H24N2/c1-15-6-10-17(11-7-15)19-4-3-5-20(22(19)14-21)18-12-8-16(2)9-13-18/h6-12,18-20H,3-5,13H2,1-2H3/t18?,19-,20-/m1/s1. The number of rotatable bonds is 2. The van der Waals surface area contributed by atoms with E-state index in [0.29, 0.717) is 12.0 Å². The van der Waals surface area contributed by atoms with Crippen LogP contribution in [0.5, 0.6) is 0 Å². The molecular formula is C20H24N2. The van der Waals surface area contributed by atoms with Crippen molar-refractivity contribution in [3.05, 3.63) is 59.2 Å². The van der Waals surface area contributed by atoms with Crippen molar-refractivity contribution in [2.75, 3.05) is 0 Å². The molecule has 2 aliphatic rings. The maximum Gasteiger partial charge on any atom is 0.180 e. The average molecular weight is 292 g/mol. The third kappa shape index (κ3) is 2.95. The van der Waals surface area contributed by atoms with E-state index < -0.39 is 0 Å². The molecule has 2 heteroatoms.